The highest BCUT2D eigenvalue weighted by Gasteiger charge is 2.57. The average molecular weight is 279 g/mol. The summed E-state index contributed by atoms with van der Waals surface area (Å²) in [6.45, 7) is 7.94. The predicted molar refractivity (Wildman–Crippen MR) is 63.2 cm³/mol. The highest BCUT2D eigenvalue weighted by molar-refractivity contribution is 6.21. The van der Waals surface area contributed by atoms with Crippen LogP contribution >= 0.6 is 11.6 Å². The van der Waals surface area contributed by atoms with E-state index in [9.17, 15) is 0 Å². The van der Waals surface area contributed by atoms with Gasteiger partial charge in [0.2, 0.25) is 0 Å². The van der Waals surface area contributed by atoms with Crippen molar-refractivity contribution in [3.63, 3.8) is 0 Å². The zero-order valence-electron chi connectivity index (χ0n) is 11.0. The third kappa shape index (κ3) is 2.17. The summed E-state index contributed by atoms with van der Waals surface area (Å²) >= 11 is 6.41. The maximum Gasteiger partial charge on any atom is 0.189 e. The molecule has 104 valence electrons. The van der Waals surface area contributed by atoms with Crippen molar-refractivity contribution in [1.29, 1.82) is 0 Å². The highest BCUT2D eigenvalue weighted by atomic mass is 35.5. The van der Waals surface area contributed by atoms with Gasteiger partial charge in [0.25, 0.3) is 0 Å². The summed E-state index contributed by atoms with van der Waals surface area (Å²) in [5.41, 5.74) is 0. The van der Waals surface area contributed by atoms with Crippen molar-refractivity contribution in [2.24, 2.45) is 0 Å². The van der Waals surface area contributed by atoms with Crippen LogP contribution in [0, 0.1) is 0 Å². The van der Waals surface area contributed by atoms with Crippen LogP contribution < -0.4 is 0 Å². The van der Waals surface area contributed by atoms with Crippen LogP contribution in [0.25, 0.3) is 0 Å². The first-order valence-corrected chi connectivity index (χ1v) is 6.68. The van der Waals surface area contributed by atoms with E-state index in [1.165, 1.54) is 0 Å². The fraction of sp³-hybridized carbons (Fsp3) is 1.00. The molecule has 0 aromatic carbocycles. The molecule has 6 heteroatoms. The molecule has 0 aromatic heterocycles. The van der Waals surface area contributed by atoms with Gasteiger partial charge in [-0.15, -0.1) is 11.6 Å². The smallest absolute Gasteiger partial charge is 0.189 e. The van der Waals surface area contributed by atoms with Gasteiger partial charge >= 0.3 is 0 Å². The van der Waals surface area contributed by atoms with Crippen LogP contribution in [0.4, 0.5) is 0 Å². The summed E-state index contributed by atoms with van der Waals surface area (Å²) in [6.07, 6.45) is -1.11. The monoisotopic (exact) mass is 278 g/mol. The Kier molecular flexibility index (Phi) is 2.94. The van der Waals surface area contributed by atoms with Crippen molar-refractivity contribution in [2.75, 3.05) is 6.61 Å². The van der Waals surface area contributed by atoms with Crippen molar-refractivity contribution in [2.45, 2.75) is 69.2 Å². The molecule has 3 saturated heterocycles. The second-order valence-corrected chi connectivity index (χ2v) is 6.38. The molecule has 0 N–H and O–H groups in total. The van der Waals surface area contributed by atoms with Crippen molar-refractivity contribution in [3.8, 4) is 0 Å². The first-order chi connectivity index (χ1) is 8.27. The summed E-state index contributed by atoms with van der Waals surface area (Å²) in [4.78, 5) is 0. The molecule has 3 aliphatic heterocycles. The lowest BCUT2D eigenvalue weighted by Gasteiger charge is -2.26. The topological polar surface area (TPSA) is 46.2 Å². The molecule has 5 atom stereocenters. The fourth-order valence-electron chi connectivity index (χ4n) is 2.67. The number of rotatable bonds is 1. The molecule has 0 amide bonds. The summed E-state index contributed by atoms with van der Waals surface area (Å²) < 4.78 is 28.5. The first kappa shape index (κ1) is 13.1. The van der Waals surface area contributed by atoms with Gasteiger partial charge in [-0.1, -0.05) is 0 Å². The number of fused-ring (bicyclic) bond motifs is 1. The van der Waals surface area contributed by atoms with Crippen LogP contribution in [0.5, 0.6) is 0 Å². The van der Waals surface area contributed by atoms with Crippen molar-refractivity contribution in [1.82, 2.24) is 0 Å². The molecule has 0 aromatic rings. The molecule has 0 spiro atoms. The van der Waals surface area contributed by atoms with Crippen LogP contribution in [0.2, 0.25) is 0 Å². The Morgan fingerprint density at radius 2 is 1.67 bits per heavy atom. The van der Waals surface area contributed by atoms with Crippen molar-refractivity contribution in [3.05, 3.63) is 0 Å². The molecule has 0 unspecified atom stereocenters. The van der Waals surface area contributed by atoms with E-state index in [4.69, 9.17) is 35.3 Å². The Morgan fingerprint density at radius 3 is 2.22 bits per heavy atom. The van der Waals surface area contributed by atoms with Gasteiger partial charge in [0.15, 0.2) is 17.9 Å². The summed E-state index contributed by atoms with van der Waals surface area (Å²) in [5, 5.41) is -0.292. The van der Waals surface area contributed by atoms with Gasteiger partial charge in [-0.2, -0.15) is 0 Å². The largest absolute Gasteiger partial charge is 0.348 e. The molecule has 3 heterocycles. The van der Waals surface area contributed by atoms with Gasteiger partial charge in [0.1, 0.15) is 18.3 Å². The Bertz CT molecular complexity index is 345. The normalized spacial score (nSPS) is 49.5. The van der Waals surface area contributed by atoms with Crippen molar-refractivity contribution >= 4 is 11.6 Å². The van der Waals surface area contributed by atoms with E-state index in [-0.39, 0.29) is 23.7 Å². The zero-order valence-corrected chi connectivity index (χ0v) is 11.8. The molecule has 3 rings (SSSR count). The van der Waals surface area contributed by atoms with E-state index < -0.39 is 17.9 Å². The standard InChI is InChI=1S/C12H19ClO5/c1-11(2)14-5-6(16-11)8-7(13)9-10(15-8)18-12(3,4)17-9/h6-10H,5H2,1-4H3/t6-,7-,8+,9+,10+/m0/s1. The minimum absolute atomic E-state index is 0.177. The molecule has 0 saturated carbocycles. The summed E-state index contributed by atoms with van der Waals surface area (Å²) in [5.74, 6) is -1.22. The van der Waals surface area contributed by atoms with E-state index in [1.807, 2.05) is 27.7 Å². The van der Waals surface area contributed by atoms with Gasteiger partial charge < -0.3 is 23.7 Å². The number of alkyl halides is 1. The van der Waals surface area contributed by atoms with E-state index in [1.54, 1.807) is 0 Å². The minimum Gasteiger partial charge on any atom is -0.348 e. The van der Waals surface area contributed by atoms with E-state index in [0.29, 0.717) is 6.61 Å². The molecule has 0 bridgehead atoms. The van der Waals surface area contributed by atoms with Crippen molar-refractivity contribution < 1.29 is 23.7 Å². The van der Waals surface area contributed by atoms with Crippen LogP contribution in [-0.4, -0.2) is 48.2 Å². The van der Waals surface area contributed by atoms with Gasteiger partial charge in [0.05, 0.1) is 12.0 Å². The molecular formula is C12H19ClO5. The second-order valence-electron chi connectivity index (χ2n) is 5.88. The van der Waals surface area contributed by atoms with Crippen LogP contribution in [0.3, 0.4) is 0 Å². The average Bonchev–Trinajstić information content (AvgIpc) is 2.81. The number of ether oxygens (including phenoxy) is 5. The Hall–Kier alpha value is 0.0900. The minimum atomic E-state index is -0.639. The molecule has 0 radical (unpaired) electrons. The Morgan fingerprint density at radius 1 is 0.944 bits per heavy atom. The fourth-order valence-corrected chi connectivity index (χ4v) is 3.06. The summed E-state index contributed by atoms with van der Waals surface area (Å²) in [6, 6.07) is 0. The van der Waals surface area contributed by atoms with E-state index in [2.05, 4.69) is 0 Å². The number of halogens is 1. The van der Waals surface area contributed by atoms with Gasteiger partial charge in [-0.3, -0.25) is 0 Å². The van der Waals surface area contributed by atoms with E-state index >= 15 is 0 Å². The molecule has 5 nitrogen and oxygen atoms in total. The zero-order chi connectivity index (χ0) is 13.1. The van der Waals surface area contributed by atoms with Gasteiger partial charge in [-0.05, 0) is 27.7 Å². The summed E-state index contributed by atoms with van der Waals surface area (Å²) in [7, 11) is 0. The third-order valence-corrected chi connectivity index (χ3v) is 3.90. The Labute approximate surface area is 112 Å². The predicted octanol–water partition coefficient (Wildman–Crippen LogP) is 1.62. The third-order valence-electron chi connectivity index (χ3n) is 3.40. The second kappa shape index (κ2) is 4.04. The Balaban J connectivity index is 1.68. The quantitative estimate of drug-likeness (QED) is 0.682. The molecular weight excluding hydrogens is 260 g/mol. The number of hydrogen-bond donors (Lipinski definition) is 0. The molecule has 18 heavy (non-hydrogen) atoms. The maximum atomic E-state index is 6.41. The lowest BCUT2D eigenvalue weighted by atomic mass is 10.1. The SMILES string of the molecule is CC1(C)O[C@H]2O[C@H]([C@@H]3COC(C)(C)O3)[C@H](Cl)[C@H]2O1. The lowest BCUT2D eigenvalue weighted by molar-refractivity contribution is -0.220. The maximum absolute atomic E-state index is 6.41. The van der Waals surface area contributed by atoms with E-state index in [0.717, 1.165) is 0 Å². The van der Waals surface area contributed by atoms with Crippen LogP contribution in [0.1, 0.15) is 27.7 Å². The first-order valence-electron chi connectivity index (χ1n) is 6.24. The molecule has 3 aliphatic rings. The molecule has 0 aliphatic carbocycles. The molecule has 3 fully saturated rings. The van der Waals surface area contributed by atoms with Gasteiger partial charge in [-0.25, -0.2) is 0 Å². The number of hydrogen-bond acceptors (Lipinski definition) is 5. The van der Waals surface area contributed by atoms with Gasteiger partial charge in [0, 0.05) is 0 Å². The van der Waals surface area contributed by atoms with Crippen LogP contribution in [0.15, 0.2) is 0 Å². The van der Waals surface area contributed by atoms with Crippen LogP contribution in [-0.2, 0) is 23.7 Å². The highest BCUT2D eigenvalue weighted by Crippen LogP contribution is 2.42. The lowest BCUT2D eigenvalue weighted by Crippen LogP contribution is -2.39.